The normalized spacial score (nSPS) is 16.5. The minimum Gasteiger partial charge on any atom is -0.389 e. The highest BCUT2D eigenvalue weighted by Crippen LogP contribution is 2.34. The lowest BCUT2D eigenvalue weighted by molar-refractivity contribution is -0.0778. The number of β-amino-alcohol motifs (C(OH)–C–C–N with tert-alkyl or cyclic N) is 1. The quantitative estimate of drug-likeness (QED) is 0.536. The smallest absolute Gasteiger partial charge is 0.331 e. The zero-order valence-electron chi connectivity index (χ0n) is 17.8. The molecular weight excluding hydrogens is 517 g/mol. The zero-order valence-corrected chi connectivity index (χ0v) is 20.9. The summed E-state index contributed by atoms with van der Waals surface area (Å²) in [5, 5.41) is 11.0. The van der Waals surface area contributed by atoms with Gasteiger partial charge < -0.3 is 5.11 Å². The van der Waals surface area contributed by atoms with Gasteiger partial charge in [-0.3, -0.25) is 28.1 Å². The zero-order chi connectivity index (χ0) is 24.2. The van der Waals surface area contributed by atoms with Crippen molar-refractivity contribution >= 4 is 62.3 Å². The molecule has 0 saturated carbocycles. The Labute approximate surface area is 206 Å². The van der Waals surface area contributed by atoms with Crippen LogP contribution in [0, 0.1) is 5.92 Å². The second kappa shape index (κ2) is 9.05. The molecule has 1 saturated heterocycles. The van der Waals surface area contributed by atoms with E-state index in [9.17, 15) is 19.5 Å². The predicted molar refractivity (Wildman–Crippen MR) is 126 cm³/mol. The maximum absolute atomic E-state index is 13.5. The van der Waals surface area contributed by atoms with Crippen molar-refractivity contribution in [1.82, 2.24) is 23.7 Å². The lowest BCUT2D eigenvalue weighted by Crippen LogP contribution is -2.39. The molecule has 0 aromatic carbocycles. The number of carbonyl (C=O) groups excluding carboxylic acids is 1. The summed E-state index contributed by atoms with van der Waals surface area (Å²) in [6.45, 7) is 4.10. The van der Waals surface area contributed by atoms with Gasteiger partial charge in [-0.25, -0.2) is 14.8 Å². The largest absolute Gasteiger partial charge is 0.389 e. The molecule has 10 nitrogen and oxygen atoms in total. The third-order valence-corrected chi connectivity index (χ3v) is 7.38. The first-order chi connectivity index (χ1) is 15.5. The Balaban J connectivity index is 2.01. The lowest BCUT2D eigenvalue weighted by atomic mass is 10.1. The highest BCUT2D eigenvalue weighted by atomic mass is 35.5. The van der Waals surface area contributed by atoms with Gasteiger partial charge in [-0.2, -0.15) is 0 Å². The predicted octanol–water partition coefficient (Wildman–Crippen LogP) is 2.37. The molecular formula is C19H20Cl3N5O5S. The number of rotatable bonds is 5. The summed E-state index contributed by atoms with van der Waals surface area (Å²) in [4.78, 5) is 49.6. The fourth-order valence-electron chi connectivity index (χ4n) is 3.64. The summed E-state index contributed by atoms with van der Waals surface area (Å²) >= 11 is 19.5. The highest BCUT2D eigenvalue weighted by Gasteiger charge is 2.33. The number of aromatic nitrogens is 4. The van der Waals surface area contributed by atoms with Crippen molar-refractivity contribution < 1.29 is 14.7 Å². The summed E-state index contributed by atoms with van der Waals surface area (Å²) in [5.41, 5.74) is -1.04. The van der Waals surface area contributed by atoms with Gasteiger partial charge in [0.1, 0.15) is 22.7 Å². The average molecular weight is 537 g/mol. The molecule has 33 heavy (non-hydrogen) atoms. The van der Waals surface area contributed by atoms with Crippen molar-refractivity contribution in [3.05, 3.63) is 46.9 Å². The number of carbonyl (C=O) groups is 1. The first kappa shape index (κ1) is 24.2. The van der Waals surface area contributed by atoms with Gasteiger partial charge in [-0.15, -0.1) is 11.3 Å². The molecule has 1 atom stereocenters. The van der Waals surface area contributed by atoms with Gasteiger partial charge in [-0.1, -0.05) is 37.0 Å². The molecule has 4 heterocycles. The fourth-order valence-corrected chi connectivity index (χ4v) is 5.59. The van der Waals surface area contributed by atoms with Crippen LogP contribution in [0.15, 0.2) is 9.59 Å². The summed E-state index contributed by atoms with van der Waals surface area (Å²) in [7, 11) is 1.37. The number of fused-ring (bicyclic) bond motifs is 1. The molecule has 1 aliphatic heterocycles. The van der Waals surface area contributed by atoms with Gasteiger partial charge in [0.25, 0.3) is 11.5 Å². The molecule has 0 radical (unpaired) electrons. The van der Waals surface area contributed by atoms with E-state index in [1.54, 1.807) is 0 Å². The van der Waals surface area contributed by atoms with Crippen molar-refractivity contribution in [2.75, 3.05) is 13.2 Å². The topological polar surface area (TPSA) is 112 Å². The Hall–Kier alpha value is -1.89. The van der Waals surface area contributed by atoms with E-state index < -0.39 is 23.3 Å². The summed E-state index contributed by atoms with van der Waals surface area (Å²) in [6.07, 6.45) is -0.847. The number of aliphatic hydroxyl groups is 1. The Kier molecular flexibility index (Phi) is 6.64. The van der Waals surface area contributed by atoms with Crippen LogP contribution in [0.4, 0.5) is 0 Å². The monoisotopic (exact) mass is 535 g/mol. The molecule has 1 aliphatic rings. The SMILES string of the molecule is CC(C)Cn1c(=O)n(C)c(=O)c2c(C(=O)N3CC(O)CO3)c(Cn3c(Cl)nc(Cl)c3Cl)sc21. The van der Waals surface area contributed by atoms with Crippen molar-refractivity contribution in [3.63, 3.8) is 0 Å². The van der Waals surface area contributed by atoms with Gasteiger partial charge >= 0.3 is 5.69 Å². The Morgan fingerprint density at radius 3 is 2.52 bits per heavy atom. The second-order valence-corrected chi connectivity index (χ2v) is 10.2. The molecule has 1 amide bonds. The van der Waals surface area contributed by atoms with Gasteiger partial charge in [0.05, 0.1) is 24.0 Å². The van der Waals surface area contributed by atoms with Crippen molar-refractivity contribution in [2.24, 2.45) is 13.0 Å². The molecule has 3 aromatic rings. The van der Waals surface area contributed by atoms with Crippen molar-refractivity contribution in [3.8, 4) is 0 Å². The van der Waals surface area contributed by atoms with Gasteiger partial charge in [0.15, 0.2) is 5.15 Å². The third kappa shape index (κ3) is 4.22. The molecule has 0 bridgehead atoms. The second-order valence-electron chi connectivity index (χ2n) is 8.10. The van der Waals surface area contributed by atoms with E-state index in [4.69, 9.17) is 39.6 Å². The molecule has 3 aromatic heterocycles. The van der Waals surface area contributed by atoms with Crippen LogP contribution in [0.2, 0.25) is 15.6 Å². The number of thiophene rings is 1. The first-order valence-corrected chi connectivity index (χ1v) is 11.9. The van der Waals surface area contributed by atoms with Crippen LogP contribution in [0.3, 0.4) is 0 Å². The molecule has 178 valence electrons. The van der Waals surface area contributed by atoms with E-state index in [1.165, 1.54) is 16.2 Å². The number of hydrogen-bond donors (Lipinski definition) is 1. The third-order valence-electron chi connectivity index (χ3n) is 5.15. The number of halogens is 3. The van der Waals surface area contributed by atoms with Crippen molar-refractivity contribution in [1.29, 1.82) is 0 Å². The van der Waals surface area contributed by atoms with Gasteiger partial charge in [0, 0.05) is 18.5 Å². The Morgan fingerprint density at radius 2 is 1.97 bits per heavy atom. The maximum atomic E-state index is 13.5. The molecule has 0 aliphatic carbocycles. The minimum absolute atomic E-state index is 0.00109. The maximum Gasteiger partial charge on any atom is 0.331 e. The number of nitrogens with zero attached hydrogens (tertiary/aromatic N) is 5. The van der Waals surface area contributed by atoms with E-state index in [-0.39, 0.29) is 52.2 Å². The van der Waals surface area contributed by atoms with E-state index >= 15 is 0 Å². The van der Waals surface area contributed by atoms with Crippen LogP contribution in [0.5, 0.6) is 0 Å². The van der Waals surface area contributed by atoms with E-state index in [0.717, 1.165) is 21.0 Å². The summed E-state index contributed by atoms with van der Waals surface area (Å²) in [5.74, 6) is -0.514. The van der Waals surface area contributed by atoms with Crippen LogP contribution >= 0.6 is 46.1 Å². The summed E-state index contributed by atoms with van der Waals surface area (Å²) in [6, 6.07) is 0. The van der Waals surface area contributed by atoms with Crippen LogP contribution < -0.4 is 11.2 Å². The standard InChI is InChI=1S/C19H20Cl3N5O5S/c1-8(2)4-26-17-12(15(29)24(3)19(26)31)11(16(30)27-5-9(28)7-32-27)10(33-17)6-25-14(21)13(20)23-18(25)22/h8-9,28H,4-7H2,1-3H3. The molecule has 4 rings (SSSR count). The lowest BCUT2D eigenvalue weighted by Gasteiger charge is -2.15. The van der Waals surface area contributed by atoms with E-state index in [2.05, 4.69) is 4.98 Å². The number of hydroxylamine groups is 2. The van der Waals surface area contributed by atoms with Gasteiger partial charge in [-0.05, 0) is 17.5 Å². The Bertz CT molecular complexity index is 1380. The summed E-state index contributed by atoms with van der Waals surface area (Å²) < 4.78 is 3.85. The van der Waals surface area contributed by atoms with E-state index in [1.807, 2.05) is 13.8 Å². The average Bonchev–Trinajstić information content (AvgIpc) is 3.41. The molecule has 1 N–H and O–H groups in total. The highest BCUT2D eigenvalue weighted by molar-refractivity contribution is 7.19. The number of hydrogen-bond acceptors (Lipinski definition) is 7. The molecule has 1 unspecified atom stereocenters. The fraction of sp³-hybridized carbons (Fsp3) is 0.474. The number of amides is 1. The van der Waals surface area contributed by atoms with Crippen molar-refractivity contribution in [2.45, 2.75) is 33.0 Å². The first-order valence-electron chi connectivity index (χ1n) is 9.96. The van der Waals surface area contributed by atoms with Crippen LogP contribution in [0.1, 0.15) is 29.1 Å². The Morgan fingerprint density at radius 1 is 1.27 bits per heavy atom. The number of aliphatic hydroxyl groups excluding tert-OH is 1. The molecule has 0 spiro atoms. The molecule has 14 heteroatoms. The number of imidazole rings is 1. The minimum atomic E-state index is -0.847. The van der Waals surface area contributed by atoms with Crippen LogP contribution in [0.25, 0.3) is 10.2 Å². The van der Waals surface area contributed by atoms with E-state index in [0.29, 0.717) is 16.3 Å². The molecule has 1 fully saturated rings. The van der Waals surface area contributed by atoms with Gasteiger partial charge in [0.2, 0.25) is 5.28 Å². The van der Waals surface area contributed by atoms with Crippen LogP contribution in [-0.2, 0) is 25.0 Å². The van der Waals surface area contributed by atoms with Crippen LogP contribution in [-0.4, -0.2) is 54.0 Å².